The highest BCUT2D eigenvalue weighted by atomic mass is 16.6. The van der Waals surface area contributed by atoms with Crippen LogP contribution in [0.2, 0.25) is 0 Å². The van der Waals surface area contributed by atoms with Crippen molar-refractivity contribution in [3.05, 3.63) is 18.0 Å². The van der Waals surface area contributed by atoms with Crippen molar-refractivity contribution in [3.8, 4) is 0 Å². The molecular weight excluding hydrogens is 280 g/mol. The van der Waals surface area contributed by atoms with E-state index in [4.69, 9.17) is 4.74 Å². The lowest BCUT2D eigenvalue weighted by atomic mass is 9.92. The lowest BCUT2D eigenvalue weighted by Crippen LogP contribution is -2.57. The fourth-order valence-corrected chi connectivity index (χ4v) is 2.59. The highest BCUT2D eigenvalue weighted by Crippen LogP contribution is 2.24. The van der Waals surface area contributed by atoms with Crippen molar-refractivity contribution in [2.75, 3.05) is 13.1 Å². The lowest BCUT2D eigenvalue weighted by Gasteiger charge is -2.43. The lowest BCUT2D eigenvalue weighted by molar-refractivity contribution is -0.00622. The summed E-state index contributed by atoms with van der Waals surface area (Å²) in [5, 5.41) is 7.79. The third-order valence-electron chi connectivity index (χ3n) is 4.01. The van der Waals surface area contributed by atoms with E-state index in [1.54, 1.807) is 4.90 Å². The van der Waals surface area contributed by atoms with Gasteiger partial charge in [0.2, 0.25) is 0 Å². The molecule has 1 aliphatic heterocycles. The van der Waals surface area contributed by atoms with Gasteiger partial charge in [-0.05, 0) is 34.6 Å². The molecule has 0 bridgehead atoms. The van der Waals surface area contributed by atoms with Crippen LogP contribution in [-0.4, -0.2) is 45.5 Å². The number of likely N-dealkylation sites (tertiary alicyclic amines) is 1. The van der Waals surface area contributed by atoms with Crippen molar-refractivity contribution in [3.63, 3.8) is 0 Å². The van der Waals surface area contributed by atoms with E-state index in [0.717, 1.165) is 13.1 Å². The van der Waals surface area contributed by atoms with Gasteiger partial charge in [0, 0.05) is 49.9 Å². The van der Waals surface area contributed by atoms with Crippen LogP contribution in [-0.2, 0) is 11.8 Å². The molecule has 6 heteroatoms. The van der Waals surface area contributed by atoms with Crippen LogP contribution >= 0.6 is 0 Å². The molecule has 1 aromatic rings. The third kappa shape index (κ3) is 4.22. The van der Waals surface area contributed by atoms with Crippen molar-refractivity contribution in [2.45, 2.75) is 52.3 Å². The molecule has 1 N–H and O–H groups in total. The molecule has 0 spiro atoms. The molecule has 0 saturated carbocycles. The summed E-state index contributed by atoms with van der Waals surface area (Å²) < 4.78 is 7.19. The maximum atomic E-state index is 11.9. The summed E-state index contributed by atoms with van der Waals surface area (Å²) in [6, 6.07) is 0.591. The predicted octanol–water partition coefficient (Wildman–Crippen LogP) is 2.33. The van der Waals surface area contributed by atoms with Crippen LogP contribution in [0.4, 0.5) is 4.79 Å². The molecule has 1 aliphatic rings. The van der Waals surface area contributed by atoms with E-state index in [1.165, 1.54) is 5.56 Å². The first-order chi connectivity index (χ1) is 10.2. The van der Waals surface area contributed by atoms with Gasteiger partial charge in [-0.1, -0.05) is 0 Å². The number of ether oxygens (including phenoxy) is 1. The van der Waals surface area contributed by atoms with E-state index < -0.39 is 5.60 Å². The molecule has 6 nitrogen and oxygen atoms in total. The van der Waals surface area contributed by atoms with E-state index in [1.807, 2.05) is 44.9 Å². The molecule has 22 heavy (non-hydrogen) atoms. The maximum absolute atomic E-state index is 11.9. The number of nitrogens with one attached hydrogen (secondary N) is 1. The largest absolute Gasteiger partial charge is 0.444 e. The van der Waals surface area contributed by atoms with Crippen LogP contribution in [0.1, 0.15) is 46.2 Å². The Balaban J connectivity index is 1.77. The molecule has 124 valence electrons. The quantitative estimate of drug-likeness (QED) is 0.927. The van der Waals surface area contributed by atoms with Crippen LogP contribution in [0.15, 0.2) is 12.4 Å². The highest BCUT2D eigenvalue weighted by molar-refractivity contribution is 5.69. The minimum Gasteiger partial charge on any atom is -0.444 e. The van der Waals surface area contributed by atoms with E-state index in [0.29, 0.717) is 12.0 Å². The number of carbonyl (C=O) groups excluding carboxylic acids is 1. The second-order valence-electron chi connectivity index (χ2n) is 7.27. The van der Waals surface area contributed by atoms with Crippen LogP contribution in [0, 0.1) is 5.92 Å². The van der Waals surface area contributed by atoms with E-state index in [9.17, 15) is 4.79 Å². The number of carbonyl (C=O) groups is 1. The fourth-order valence-electron chi connectivity index (χ4n) is 2.59. The monoisotopic (exact) mass is 308 g/mol. The van der Waals surface area contributed by atoms with Crippen LogP contribution in [0.25, 0.3) is 0 Å². The summed E-state index contributed by atoms with van der Waals surface area (Å²) in [4.78, 5) is 13.7. The van der Waals surface area contributed by atoms with Gasteiger partial charge in [0.05, 0.1) is 6.20 Å². The zero-order chi connectivity index (χ0) is 16.5. The Kier molecular flexibility index (Phi) is 4.80. The van der Waals surface area contributed by atoms with Gasteiger partial charge in [0.15, 0.2) is 0 Å². The average Bonchev–Trinajstić information content (AvgIpc) is 2.71. The van der Waals surface area contributed by atoms with Crippen LogP contribution in [0.3, 0.4) is 0 Å². The molecule has 2 rings (SSSR count). The molecular formula is C16H28N4O2. The zero-order valence-corrected chi connectivity index (χ0v) is 14.5. The van der Waals surface area contributed by atoms with Crippen molar-refractivity contribution in [1.29, 1.82) is 0 Å². The second kappa shape index (κ2) is 6.28. The summed E-state index contributed by atoms with van der Waals surface area (Å²) in [6.07, 6.45) is 3.70. The topological polar surface area (TPSA) is 59.4 Å². The number of nitrogens with zero attached hydrogens (tertiary/aromatic N) is 3. The molecule has 1 amide bonds. The Morgan fingerprint density at radius 1 is 1.41 bits per heavy atom. The first kappa shape index (κ1) is 16.8. The summed E-state index contributed by atoms with van der Waals surface area (Å²) in [6.45, 7) is 11.5. The molecule has 0 radical (unpaired) electrons. The molecule has 2 atom stereocenters. The molecule has 0 unspecified atom stereocenters. The predicted molar refractivity (Wildman–Crippen MR) is 85.5 cm³/mol. The smallest absolute Gasteiger partial charge is 0.410 e. The van der Waals surface area contributed by atoms with Gasteiger partial charge in [-0.15, -0.1) is 0 Å². The summed E-state index contributed by atoms with van der Waals surface area (Å²) in [5.41, 5.74) is 0.749. The van der Waals surface area contributed by atoms with Gasteiger partial charge in [0.1, 0.15) is 5.60 Å². The number of amides is 1. The second-order valence-corrected chi connectivity index (χ2v) is 7.27. The van der Waals surface area contributed by atoms with E-state index in [-0.39, 0.29) is 12.1 Å². The Hall–Kier alpha value is -1.56. The number of hydrogen-bond acceptors (Lipinski definition) is 4. The highest BCUT2D eigenvalue weighted by Gasteiger charge is 2.36. The summed E-state index contributed by atoms with van der Waals surface area (Å²) >= 11 is 0. The van der Waals surface area contributed by atoms with Crippen molar-refractivity contribution in [1.82, 2.24) is 20.0 Å². The van der Waals surface area contributed by atoms with Crippen molar-refractivity contribution in [2.24, 2.45) is 13.0 Å². The Morgan fingerprint density at radius 3 is 2.55 bits per heavy atom. The SMILES string of the molecule is C[C@@H](N[C@H](C)C1CN(C(=O)OC(C)(C)C)C1)c1cnn(C)c1. The number of aromatic nitrogens is 2. The first-order valence-corrected chi connectivity index (χ1v) is 7.88. The van der Waals surface area contributed by atoms with E-state index >= 15 is 0 Å². The Bertz CT molecular complexity index is 514. The van der Waals surface area contributed by atoms with Gasteiger partial charge in [-0.3, -0.25) is 4.68 Å². The summed E-state index contributed by atoms with van der Waals surface area (Å²) in [7, 11) is 1.92. The number of rotatable bonds is 4. The number of hydrogen-bond donors (Lipinski definition) is 1. The fraction of sp³-hybridized carbons (Fsp3) is 0.750. The standard InChI is InChI=1S/C16H28N4O2/c1-11(13-7-17-19(6)8-13)18-12(2)14-9-20(10-14)15(21)22-16(3,4)5/h7-8,11-12,14,18H,9-10H2,1-6H3/t11-,12-/m1/s1. The van der Waals surface area contributed by atoms with Crippen LogP contribution < -0.4 is 5.32 Å². The zero-order valence-electron chi connectivity index (χ0n) is 14.5. The molecule has 0 aliphatic carbocycles. The van der Waals surface area contributed by atoms with Gasteiger partial charge in [-0.2, -0.15) is 5.10 Å². The van der Waals surface area contributed by atoms with Crippen molar-refractivity contribution < 1.29 is 9.53 Å². The van der Waals surface area contributed by atoms with Gasteiger partial charge < -0.3 is 15.0 Å². The summed E-state index contributed by atoms with van der Waals surface area (Å²) in [5.74, 6) is 0.464. The van der Waals surface area contributed by atoms with Gasteiger partial charge in [-0.25, -0.2) is 4.79 Å². The average molecular weight is 308 g/mol. The minimum atomic E-state index is -0.430. The number of aryl methyl sites for hydroxylation is 1. The molecule has 1 aromatic heterocycles. The normalized spacial score (nSPS) is 18.7. The van der Waals surface area contributed by atoms with Gasteiger partial charge >= 0.3 is 6.09 Å². The Morgan fingerprint density at radius 2 is 2.05 bits per heavy atom. The minimum absolute atomic E-state index is 0.212. The Labute approximate surface area is 132 Å². The van der Waals surface area contributed by atoms with Crippen LogP contribution in [0.5, 0.6) is 0 Å². The third-order valence-corrected chi connectivity index (χ3v) is 4.01. The molecule has 2 heterocycles. The first-order valence-electron chi connectivity index (χ1n) is 7.88. The molecule has 0 aromatic carbocycles. The maximum Gasteiger partial charge on any atom is 0.410 e. The van der Waals surface area contributed by atoms with Crippen molar-refractivity contribution >= 4 is 6.09 Å². The molecule has 1 fully saturated rings. The van der Waals surface area contributed by atoms with E-state index in [2.05, 4.69) is 24.3 Å². The molecule has 1 saturated heterocycles. The van der Waals surface area contributed by atoms with Gasteiger partial charge in [0.25, 0.3) is 0 Å².